The highest BCUT2D eigenvalue weighted by atomic mass is 35.5. The van der Waals surface area contributed by atoms with Crippen molar-refractivity contribution in [3.8, 4) is 5.75 Å². The molecule has 2 aromatic rings. The Labute approximate surface area is 180 Å². The molecule has 0 aliphatic carbocycles. The Hall–Kier alpha value is -2.80. The van der Waals surface area contributed by atoms with E-state index in [4.69, 9.17) is 16.3 Å². The number of anilines is 1. The van der Waals surface area contributed by atoms with Crippen LogP contribution in [0.4, 0.5) is 14.9 Å². The highest BCUT2D eigenvalue weighted by Crippen LogP contribution is 2.32. The van der Waals surface area contributed by atoms with Gasteiger partial charge in [0.15, 0.2) is 0 Å². The minimum absolute atomic E-state index is 0.135. The summed E-state index contributed by atoms with van der Waals surface area (Å²) in [5.74, 6) is 0.0523. The van der Waals surface area contributed by atoms with Crippen LogP contribution in [0, 0.1) is 11.2 Å². The van der Waals surface area contributed by atoms with Crippen LogP contribution in [0.3, 0.4) is 0 Å². The van der Waals surface area contributed by atoms with Crippen LogP contribution in [0.1, 0.15) is 25.3 Å². The lowest BCUT2D eigenvalue weighted by Gasteiger charge is -2.39. The molecule has 30 heavy (non-hydrogen) atoms. The summed E-state index contributed by atoms with van der Waals surface area (Å²) < 4.78 is 18.3. The van der Waals surface area contributed by atoms with Gasteiger partial charge in [-0.3, -0.25) is 4.79 Å². The standard InChI is InChI=1S/C22H25ClFN3O3/c1-22(20(28)25-13-15-4-7-17(24)8-5-15)10-3-11-27(14-22)21(29)26-18-12-16(23)6-9-19(18)30-2/h4-9,12H,3,10-11,13-14H2,1-2H3,(H,25,28)(H,26,29)/t22-/m1/s1. The molecule has 0 spiro atoms. The van der Waals surface area contributed by atoms with Crippen LogP contribution in [0.15, 0.2) is 42.5 Å². The van der Waals surface area contributed by atoms with Crippen LogP contribution in [0.5, 0.6) is 5.75 Å². The van der Waals surface area contributed by atoms with Gasteiger partial charge in [0.1, 0.15) is 11.6 Å². The minimum Gasteiger partial charge on any atom is -0.495 e. The fourth-order valence-electron chi connectivity index (χ4n) is 3.57. The van der Waals surface area contributed by atoms with E-state index in [0.717, 1.165) is 5.56 Å². The van der Waals surface area contributed by atoms with Crippen molar-refractivity contribution in [1.82, 2.24) is 10.2 Å². The molecule has 160 valence electrons. The average molecular weight is 434 g/mol. The van der Waals surface area contributed by atoms with E-state index in [1.54, 1.807) is 35.2 Å². The Morgan fingerprint density at radius 3 is 2.67 bits per heavy atom. The van der Waals surface area contributed by atoms with Crippen molar-refractivity contribution < 1.29 is 18.7 Å². The van der Waals surface area contributed by atoms with Gasteiger partial charge in [0.25, 0.3) is 0 Å². The number of nitrogens with one attached hydrogen (secondary N) is 2. The van der Waals surface area contributed by atoms with E-state index in [2.05, 4.69) is 10.6 Å². The van der Waals surface area contributed by atoms with Gasteiger partial charge in [-0.25, -0.2) is 9.18 Å². The Bertz CT molecular complexity index is 922. The minimum atomic E-state index is -0.714. The predicted molar refractivity (Wildman–Crippen MR) is 114 cm³/mol. The third kappa shape index (κ3) is 5.21. The van der Waals surface area contributed by atoms with Crippen molar-refractivity contribution in [2.24, 2.45) is 5.41 Å². The summed E-state index contributed by atoms with van der Waals surface area (Å²) >= 11 is 6.03. The maximum Gasteiger partial charge on any atom is 0.321 e. The van der Waals surface area contributed by atoms with E-state index in [-0.39, 0.29) is 24.3 Å². The van der Waals surface area contributed by atoms with Crippen LogP contribution in [0.2, 0.25) is 5.02 Å². The van der Waals surface area contributed by atoms with E-state index >= 15 is 0 Å². The molecular formula is C22H25ClFN3O3. The molecular weight excluding hydrogens is 409 g/mol. The number of ether oxygens (including phenoxy) is 1. The molecule has 0 saturated carbocycles. The number of benzene rings is 2. The number of rotatable bonds is 5. The van der Waals surface area contributed by atoms with Crippen molar-refractivity contribution in [3.05, 3.63) is 58.9 Å². The molecule has 2 aromatic carbocycles. The number of piperidine rings is 1. The Kier molecular flexibility index (Phi) is 6.82. The average Bonchev–Trinajstić information content (AvgIpc) is 2.73. The van der Waals surface area contributed by atoms with Crippen molar-refractivity contribution in [2.75, 3.05) is 25.5 Å². The number of methoxy groups -OCH3 is 1. The number of nitrogens with zero attached hydrogens (tertiary/aromatic N) is 1. The monoisotopic (exact) mass is 433 g/mol. The molecule has 3 amide bonds. The van der Waals surface area contributed by atoms with E-state index < -0.39 is 5.41 Å². The zero-order chi connectivity index (χ0) is 21.7. The Morgan fingerprint density at radius 1 is 1.23 bits per heavy atom. The zero-order valence-electron chi connectivity index (χ0n) is 17.0. The fraction of sp³-hybridized carbons (Fsp3) is 0.364. The predicted octanol–water partition coefficient (Wildman–Crippen LogP) is 4.44. The van der Waals surface area contributed by atoms with Gasteiger partial charge in [0, 0.05) is 24.7 Å². The van der Waals surface area contributed by atoms with Gasteiger partial charge >= 0.3 is 6.03 Å². The first-order valence-corrected chi connectivity index (χ1v) is 10.1. The number of halogens is 2. The lowest BCUT2D eigenvalue weighted by Crippen LogP contribution is -2.52. The third-order valence-electron chi connectivity index (χ3n) is 5.30. The van der Waals surface area contributed by atoms with Crippen LogP contribution in [0.25, 0.3) is 0 Å². The number of likely N-dealkylation sites (tertiary alicyclic amines) is 1. The molecule has 1 aliphatic heterocycles. The van der Waals surface area contributed by atoms with Gasteiger partial charge in [0.2, 0.25) is 5.91 Å². The molecule has 8 heteroatoms. The molecule has 6 nitrogen and oxygen atoms in total. The molecule has 0 radical (unpaired) electrons. The molecule has 0 aromatic heterocycles. The lowest BCUT2D eigenvalue weighted by molar-refractivity contribution is -0.132. The normalized spacial score (nSPS) is 18.6. The van der Waals surface area contributed by atoms with Crippen molar-refractivity contribution in [2.45, 2.75) is 26.3 Å². The Balaban J connectivity index is 1.63. The molecule has 1 atom stereocenters. The van der Waals surface area contributed by atoms with Crippen molar-refractivity contribution >= 4 is 29.2 Å². The smallest absolute Gasteiger partial charge is 0.321 e. The van der Waals surface area contributed by atoms with E-state index in [0.29, 0.717) is 42.4 Å². The summed E-state index contributed by atoms with van der Waals surface area (Å²) in [6.07, 6.45) is 1.38. The Morgan fingerprint density at radius 2 is 1.97 bits per heavy atom. The number of hydrogen-bond donors (Lipinski definition) is 2. The second-order valence-corrected chi connectivity index (χ2v) is 8.11. The molecule has 0 bridgehead atoms. The van der Waals surface area contributed by atoms with Gasteiger partial charge in [-0.15, -0.1) is 0 Å². The molecule has 2 N–H and O–H groups in total. The third-order valence-corrected chi connectivity index (χ3v) is 5.54. The van der Waals surface area contributed by atoms with Crippen LogP contribution >= 0.6 is 11.6 Å². The number of hydrogen-bond acceptors (Lipinski definition) is 3. The molecule has 3 rings (SSSR count). The van der Waals surface area contributed by atoms with Gasteiger partial charge in [-0.1, -0.05) is 23.7 Å². The number of carbonyl (C=O) groups excluding carboxylic acids is 2. The first kappa shape index (κ1) is 21.9. The second-order valence-electron chi connectivity index (χ2n) is 7.67. The molecule has 1 heterocycles. The molecule has 1 aliphatic rings. The molecule has 1 fully saturated rings. The first-order chi connectivity index (χ1) is 14.3. The fourth-order valence-corrected chi connectivity index (χ4v) is 3.74. The van der Waals surface area contributed by atoms with Gasteiger partial charge in [0.05, 0.1) is 18.2 Å². The number of carbonyl (C=O) groups is 2. The summed E-state index contributed by atoms with van der Waals surface area (Å²) in [5, 5.41) is 6.21. The van der Waals surface area contributed by atoms with Crippen LogP contribution < -0.4 is 15.4 Å². The largest absolute Gasteiger partial charge is 0.495 e. The van der Waals surface area contributed by atoms with Crippen molar-refractivity contribution in [3.63, 3.8) is 0 Å². The zero-order valence-corrected chi connectivity index (χ0v) is 17.8. The summed E-state index contributed by atoms with van der Waals surface area (Å²) in [6, 6.07) is 10.7. The topological polar surface area (TPSA) is 70.7 Å². The summed E-state index contributed by atoms with van der Waals surface area (Å²) in [7, 11) is 1.52. The lowest BCUT2D eigenvalue weighted by atomic mass is 9.81. The van der Waals surface area contributed by atoms with Crippen LogP contribution in [-0.4, -0.2) is 37.0 Å². The van der Waals surface area contributed by atoms with E-state index in [9.17, 15) is 14.0 Å². The number of amides is 3. The quantitative estimate of drug-likeness (QED) is 0.732. The summed E-state index contributed by atoms with van der Waals surface area (Å²) in [5.41, 5.74) is 0.573. The SMILES string of the molecule is COc1ccc(Cl)cc1NC(=O)N1CCC[C@@](C)(C(=O)NCc2ccc(F)cc2)C1. The molecule has 1 saturated heterocycles. The summed E-state index contributed by atoms with van der Waals surface area (Å²) in [4.78, 5) is 27.3. The number of urea groups is 1. The van der Waals surface area contributed by atoms with Crippen molar-refractivity contribution in [1.29, 1.82) is 0 Å². The first-order valence-electron chi connectivity index (χ1n) is 9.73. The maximum absolute atomic E-state index is 13.0. The highest BCUT2D eigenvalue weighted by molar-refractivity contribution is 6.31. The van der Waals surface area contributed by atoms with Gasteiger partial charge in [-0.05, 0) is 55.7 Å². The van der Waals surface area contributed by atoms with E-state index in [1.807, 2.05) is 6.92 Å². The van der Waals surface area contributed by atoms with Crippen LogP contribution in [-0.2, 0) is 11.3 Å². The molecule has 0 unspecified atom stereocenters. The summed E-state index contributed by atoms with van der Waals surface area (Å²) in [6.45, 7) is 3.00. The second kappa shape index (κ2) is 9.34. The van der Waals surface area contributed by atoms with Gasteiger partial charge in [-0.2, -0.15) is 0 Å². The maximum atomic E-state index is 13.0. The highest BCUT2D eigenvalue weighted by Gasteiger charge is 2.39. The van der Waals surface area contributed by atoms with E-state index in [1.165, 1.54) is 19.2 Å². The van der Waals surface area contributed by atoms with Gasteiger partial charge < -0.3 is 20.3 Å².